The predicted octanol–water partition coefficient (Wildman–Crippen LogP) is 2.13. The van der Waals surface area contributed by atoms with Crippen LogP contribution in [-0.2, 0) is 12.8 Å². The highest BCUT2D eigenvalue weighted by Crippen LogP contribution is 2.10. The van der Waals surface area contributed by atoms with Crippen molar-refractivity contribution in [3.8, 4) is 0 Å². The van der Waals surface area contributed by atoms with E-state index in [1.165, 1.54) is 10.7 Å². The molecule has 2 N–H and O–H groups in total. The average molecular weight is 278 g/mol. The molecule has 0 radical (unpaired) electrons. The van der Waals surface area contributed by atoms with E-state index >= 15 is 0 Å². The van der Waals surface area contributed by atoms with E-state index in [-0.39, 0.29) is 0 Å². The molecule has 0 aliphatic heterocycles. The summed E-state index contributed by atoms with van der Waals surface area (Å²) >= 11 is 1.75. The van der Waals surface area contributed by atoms with Crippen LogP contribution in [0.25, 0.3) is 0 Å². The van der Waals surface area contributed by atoms with Gasteiger partial charge in [0.15, 0.2) is 5.96 Å². The summed E-state index contributed by atoms with van der Waals surface area (Å²) in [5.74, 6) is 0.889. The zero-order valence-corrected chi connectivity index (χ0v) is 12.5. The summed E-state index contributed by atoms with van der Waals surface area (Å²) < 4.78 is 0. The molecule has 1 aromatic heterocycles. The number of aliphatic imine (C=N–C) groups is 1. The molecule has 4 nitrogen and oxygen atoms in total. The first-order valence-electron chi connectivity index (χ1n) is 6.87. The summed E-state index contributed by atoms with van der Waals surface area (Å²) in [7, 11) is 1.82. The maximum absolute atomic E-state index is 4.56. The highest BCUT2D eigenvalue weighted by Gasteiger charge is 2.11. The van der Waals surface area contributed by atoms with E-state index in [2.05, 4.69) is 45.1 Å². The fraction of sp³-hybridized carbons (Fsp3) is 0.571. The summed E-state index contributed by atoms with van der Waals surface area (Å²) in [5, 5.41) is 10.1. The normalized spacial score (nSPS) is 16.0. The van der Waals surface area contributed by atoms with Crippen molar-refractivity contribution in [3.05, 3.63) is 28.2 Å². The summed E-state index contributed by atoms with van der Waals surface area (Å²) in [6.45, 7) is 3.01. The molecule has 0 unspecified atom stereocenters. The molecule has 0 spiro atoms. The van der Waals surface area contributed by atoms with E-state index in [0.717, 1.165) is 38.2 Å². The zero-order chi connectivity index (χ0) is 13.5. The molecule has 104 valence electrons. The monoisotopic (exact) mass is 278 g/mol. The summed E-state index contributed by atoms with van der Waals surface area (Å²) in [4.78, 5) is 8.82. The zero-order valence-electron chi connectivity index (χ0n) is 11.6. The fourth-order valence-electron chi connectivity index (χ4n) is 2.06. The van der Waals surface area contributed by atoms with Gasteiger partial charge in [0.25, 0.3) is 0 Å². The molecule has 1 heterocycles. The maximum atomic E-state index is 4.56. The van der Waals surface area contributed by atoms with Crippen molar-refractivity contribution >= 4 is 17.3 Å². The lowest BCUT2D eigenvalue weighted by atomic mass is 10.2. The third kappa shape index (κ3) is 4.35. The number of rotatable bonds is 5. The van der Waals surface area contributed by atoms with Crippen molar-refractivity contribution in [1.29, 1.82) is 0 Å². The first kappa shape index (κ1) is 14.1. The highest BCUT2D eigenvalue weighted by atomic mass is 32.1. The minimum atomic E-state index is 0.497. The number of thiazole rings is 1. The van der Waals surface area contributed by atoms with Crippen molar-refractivity contribution < 1.29 is 0 Å². The van der Waals surface area contributed by atoms with E-state index in [9.17, 15) is 0 Å². The lowest BCUT2D eigenvalue weighted by molar-refractivity contribution is 0.632. The van der Waals surface area contributed by atoms with Crippen LogP contribution in [-0.4, -0.2) is 30.6 Å². The van der Waals surface area contributed by atoms with Crippen molar-refractivity contribution in [2.45, 2.75) is 38.6 Å². The molecule has 0 bridgehead atoms. The Morgan fingerprint density at radius 2 is 2.26 bits per heavy atom. The second-order valence-electron chi connectivity index (χ2n) is 4.62. The predicted molar refractivity (Wildman–Crippen MR) is 81.9 cm³/mol. The van der Waals surface area contributed by atoms with E-state index in [0.29, 0.717) is 6.04 Å². The molecule has 1 aliphatic carbocycles. The number of hydrogen-bond acceptors (Lipinski definition) is 3. The number of aryl methyl sites for hydroxylation is 1. The Kier molecular flexibility index (Phi) is 5.39. The first-order chi connectivity index (χ1) is 9.31. The Balaban J connectivity index is 1.71. The van der Waals surface area contributed by atoms with Crippen LogP contribution in [0.4, 0.5) is 0 Å². The van der Waals surface area contributed by atoms with Crippen molar-refractivity contribution in [2.24, 2.45) is 4.99 Å². The minimum absolute atomic E-state index is 0.497. The first-order valence-corrected chi connectivity index (χ1v) is 7.75. The van der Waals surface area contributed by atoms with Gasteiger partial charge in [-0.05, 0) is 19.3 Å². The molecule has 1 aromatic rings. The van der Waals surface area contributed by atoms with Crippen molar-refractivity contribution in [2.75, 3.05) is 13.6 Å². The number of nitrogens with zero attached hydrogens (tertiary/aromatic N) is 2. The Bertz CT molecular complexity index is 442. The van der Waals surface area contributed by atoms with E-state index in [1.807, 2.05) is 7.05 Å². The van der Waals surface area contributed by atoms with Gasteiger partial charge in [-0.2, -0.15) is 0 Å². The Morgan fingerprint density at radius 1 is 1.47 bits per heavy atom. The Labute approximate surface area is 119 Å². The lowest BCUT2D eigenvalue weighted by Crippen LogP contribution is -2.43. The van der Waals surface area contributed by atoms with Gasteiger partial charge in [-0.15, -0.1) is 11.3 Å². The van der Waals surface area contributed by atoms with Gasteiger partial charge in [0.1, 0.15) is 0 Å². The van der Waals surface area contributed by atoms with Crippen LogP contribution in [0.2, 0.25) is 0 Å². The molecule has 0 atom stereocenters. The minimum Gasteiger partial charge on any atom is -0.356 e. The topological polar surface area (TPSA) is 49.3 Å². The van der Waals surface area contributed by atoms with Gasteiger partial charge in [0.2, 0.25) is 0 Å². The molecule has 1 aliphatic rings. The highest BCUT2D eigenvalue weighted by molar-refractivity contribution is 7.09. The molecule has 0 amide bonds. The third-order valence-corrected chi connectivity index (χ3v) is 4.19. The molecule has 0 saturated carbocycles. The van der Waals surface area contributed by atoms with Crippen LogP contribution in [0.15, 0.2) is 22.5 Å². The van der Waals surface area contributed by atoms with E-state index in [1.54, 1.807) is 11.3 Å². The summed E-state index contributed by atoms with van der Waals surface area (Å²) in [6.07, 6.45) is 8.58. The average Bonchev–Trinajstić information content (AvgIpc) is 3.08. The molecule has 19 heavy (non-hydrogen) atoms. The van der Waals surface area contributed by atoms with Crippen LogP contribution < -0.4 is 10.6 Å². The van der Waals surface area contributed by atoms with Crippen LogP contribution in [0.3, 0.4) is 0 Å². The number of nitrogens with one attached hydrogen (secondary N) is 2. The number of aromatic nitrogens is 1. The Hall–Kier alpha value is -1.36. The van der Waals surface area contributed by atoms with Crippen molar-refractivity contribution in [3.63, 3.8) is 0 Å². The largest absolute Gasteiger partial charge is 0.356 e. The molecule has 2 rings (SSSR count). The van der Waals surface area contributed by atoms with E-state index < -0.39 is 0 Å². The number of guanidine groups is 1. The van der Waals surface area contributed by atoms with Crippen molar-refractivity contribution in [1.82, 2.24) is 15.6 Å². The van der Waals surface area contributed by atoms with Gasteiger partial charge in [-0.3, -0.25) is 4.99 Å². The molecule has 5 heteroatoms. The van der Waals surface area contributed by atoms with Crippen LogP contribution in [0.5, 0.6) is 0 Å². The van der Waals surface area contributed by atoms with Crippen LogP contribution in [0, 0.1) is 0 Å². The fourth-order valence-corrected chi connectivity index (χ4v) is 2.84. The SMILES string of the molecule is CCc1nc(CCNC(=NC)NC2CC=CC2)cs1. The van der Waals surface area contributed by atoms with Gasteiger partial charge in [0.05, 0.1) is 10.7 Å². The van der Waals surface area contributed by atoms with E-state index in [4.69, 9.17) is 0 Å². The number of hydrogen-bond donors (Lipinski definition) is 2. The van der Waals surface area contributed by atoms with Crippen LogP contribution >= 0.6 is 11.3 Å². The van der Waals surface area contributed by atoms with Gasteiger partial charge in [-0.1, -0.05) is 19.1 Å². The molecular weight excluding hydrogens is 256 g/mol. The maximum Gasteiger partial charge on any atom is 0.191 e. The molecule has 0 saturated heterocycles. The summed E-state index contributed by atoms with van der Waals surface area (Å²) in [5.41, 5.74) is 1.17. The quantitative estimate of drug-likeness (QED) is 0.493. The summed E-state index contributed by atoms with van der Waals surface area (Å²) in [6, 6.07) is 0.497. The van der Waals surface area contributed by atoms with Crippen LogP contribution in [0.1, 0.15) is 30.5 Å². The van der Waals surface area contributed by atoms with Gasteiger partial charge in [-0.25, -0.2) is 4.98 Å². The lowest BCUT2D eigenvalue weighted by Gasteiger charge is -2.16. The molecule has 0 aromatic carbocycles. The second kappa shape index (κ2) is 7.28. The van der Waals surface area contributed by atoms with Gasteiger partial charge in [0, 0.05) is 31.4 Å². The smallest absolute Gasteiger partial charge is 0.191 e. The molecular formula is C14H22N4S. The standard InChI is InChI=1S/C14H22N4S/c1-3-13-17-12(10-19-13)8-9-16-14(15-2)18-11-6-4-5-7-11/h4-5,10-11H,3,6-9H2,1-2H3,(H2,15,16,18). The van der Waals surface area contributed by atoms with Gasteiger partial charge < -0.3 is 10.6 Å². The molecule has 0 fully saturated rings. The Morgan fingerprint density at radius 3 is 2.89 bits per heavy atom. The third-order valence-electron chi connectivity index (χ3n) is 3.15. The van der Waals surface area contributed by atoms with Gasteiger partial charge >= 0.3 is 0 Å². The second-order valence-corrected chi connectivity index (χ2v) is 5.56.